The molecule has 1 aromatic carbocycles. The maximum atomic E-state index is 12.6. The second-order valence-electron chi connectivity index (χ2n) is 6.39. The summed E-state index contributed by atoms with van der Waals surface area (Å²) in [5.41, 5.74) is 0.548. The van der Waals surface area contributed by atoms with Crippen molar-refractivity contribution in [2.75, 3.05) is 26.8 Å². The van der Waals surface area contributed by atoms with Crippen LogP contribution in [0.2, 0.25) is 0 Å². The van der Waals surface area contributed by atoms with E-state index < -0.39 is 5.60 Å². The summed E-state index contributed by atoms with van der Waals surface area (Å²) in [6.07, 6.45) is 2.02. The van der Waals surface area contributed by atoms with Gasteiger partial charge in [0.05, 0.1) is 13.7 Å². The summed E-state index contributed by atoms with van der Waals surface area (Å²) in [6.45, 7) is 2.86. The van der Waals surface area contributed by atoms with Crippen LogP contribution in [0.4, 0.5) is 0 Å². The summed E-state index contributed by atoms with van der Waals surface area (Å²) >= 11 is 0. The molecule has 2 aromatic rings. The van der Waals surface area contributed by atoms with Crippen molar-refractivity contribution in [1.82, 2.24) is 9.88 Å². The molecular weight excluding hydrogens is 320 g/mol. The Morgan fingerprint density at radius 3 is 2.96 bits per heavy atom. The summed E-state index contributed by atoms with van der Waals surface area (Å²) in [5, 5.41) is 10.7. The van der Waals surface area contributed by atoms with Crippen LogP contribution in [-0.2, 0) is 0 Å². The van der Waals surface area contributed by atoms with Gasteiger partial charge in [0.2, 0.25) is 5.88 Å². The van der Waals surface area contributed by atoms with E-state index in [9.17, 15) is 9.90 Å². The Morgan fingerprint density at radius 1 is 1.36 bits per heavy atom. The van der Waals surface area contributed by atoms with E-state index in [1.165, 1.54) is 13.3 Å². The van der Waals surface area contributed by atoms with E-state index in [2.05, 4.69) is 4.98 Å². The minimum atomic E-state index is -1.05. The number of ether oxygens (including phenoxy) is 2. The van der Waals surface area contributed by atoms with E-state index in [4.69, 9.17) is 9.47 Å². The number of carbonyl (C=O) groups excluding carboxylic acids is 1. The van der Waals surface area contributed by atoms with Crippen LogP contribution in [0.3, 0.4) is 0 Å². The quantitative estimate of drug-likeness (QED) is 0.900. The van der Waals surface area contributed by atoms with Crippen molar-refractivity contribution in [2.45, 2.75) is 18.9 Å². The van der Waals surface area contributed by atoms with Gasteiger partial charge in [-0.2, -0.15) is 0 Å². The average Bonchev–Trinajstić information content (AvgIpc) is 3.02. The lowest BCUT2D eigenvalue weighted by molar-refractivity contribution is 0.00429. The van der Waals surface area contributed by atoms with Gasteiger partial charge in [-0.25, -0.2) is 4.98 Å². The predicted molar refractivity (Wildman–Crippen MR) is 92.9 cm³/mol. The van der Waals surface area contributed by atoms with Crippen molar-refractivity contribution in [3.05, 3.63) is 53.7 Å². The van der Waals surface area contributed by atoms with Gasteiger partial charge in [-0.05, 0) is 37.1 Å². The van der Waals surface area contributed by atoms with Gasteiger partial charge in [-0.3, -0.25) is 4.79 Å². The molecule has 0 unspecified atom stereocenters. The van der Waals surface area contributed by atoms with Gasteiger partial charge in [-0.15, -0.1) is 0 Å². The Balaban J connectivity index is 1.62. The van der Waals surface area contributed by atoms with Crippen molar-refractivity contribution in [1.29, 1.82) is 0 Å². The smallest absolute Gasteiger partial charge is 0.254 e. The number of carbonyl (C=O) groups is 1. The molecule has 6 nitrogen and oxygen atoms in total. The molecule has 1 N–H and O–H groups in total. The maximum absolute atomic E-state index is 12.6. The Bertz CT molecular complexity index is 765. The van der Waals surface area contributed by atoms with Crippen LogP contribution in [0.15, 0.2) is 42.6 Å². The SMILES string of the molecule is COc1cc(C(=O)N2CC[C@@](O)(COc3cccc(C)c3)C2)ccn1. The summed E-state index contributed by atoms with van der Waals surface area (Å²) in [7, 11) is 1.51. The third-order valence-corrected chi connectivity index (χ3v) is 4.31. The number of nitrogens with zero attached hydrogens (tertiary/aromatic N) is 2. The molecule has 0 radical (unpaired) electrons. The number of aliphatic hydroxyl groups is 1. The number of hydrogen-bond acceptors (Lipinski definition) is 5. The third-order valence-electron chi connectivity index (χ3n) is 4.31. The number of aryl methyl sites for hydroxylation is 1. The summed E-state index contributed by atoms with van der Waals surface area (Å²) in [6, 6.07) is 10.9. The average molecular weight is 342 g/mol. The van der Waals surface area contributed by atoms with E-state index >= 15 is 0 Å². The summed E-state index contributed by atoms with van der Waals surface area (Å²) in [4.78, 5) is 18.2. The first-order valence-electron chi connectivity index (χ1n) is 8.20. The molecule has 1 amide bonds. The molecule has 25 heavy (non-hydrogen) atoms. The number of methoxy groups -OCH3 is 1. The normalized spacial score (nSPS) is 19.7. The number of likely N-dealkylation sites (tertiary alicyclic amines) is 1. The zero-order valence-corrected chi connectivity index (χ0v) is 14.4. The van der Waals surface area contributed by atoms with Gasteiger partial charge < -0.3 is 19.5 Å². The largest absolute Gasteiger partial charge is 0.491 e. The fourth-order valence-corrected chi connectivity index (χ4v) is 2.91. The number of pyridine rings is 1. The van der Waals surface area contributed by atoms with Gasteiger partial charge in [-0.1, -0.05) is 12.1 Å². The molecule has 1 aromatic heterocycles. The van der Waals surface area contributed by atoms with Crippen LogP contribution in [0.5, 0.6) is 11.6 Å². The highest BCUT2D eigenvalue weighted by Crippen LogP contribution is 2.25. The van der Waals surface area contributed by atoms with E-state index in [0.29, 0.717) is 24.4 Å². The Kier molecular flexibility index (Phi) is 4.90. The zero-order chi connectivity index (χ0) is 17.9. The van der Waals surface area contributed by atoms with Crippen molar-refractivity contribution in [3.8, 4) is 11.6 Å². The van der Waals surface area contributed by atoms with E-state index in [-0.39, 0.29) is 19.1 Å². The molecule has 2 heterocycles. The van der Waals surface area contributed by atoms with Gasteiger partial charge in [0.15, 0.2) is 0 Å². The first-order valence-corrected chi connectivity index (χ1v) is 8.20. The zero-order valence-electron chi connectivity index (χ0n) is 14.4. The van der Waals surface area contributed by atoms with Crippen LogP contribution in [-0.4, -0.2) is 53.3 Å². The minimum Gasteiger partial charge on any atom is -0.491 e. The lowest BCUT2D eigenvalue weighted by Gasteiger charge is -2.23. The number of β-amino-alcohol motifs (C(OH)–C–C–N with tert-alkyl or cyclic N) is 1. The Morgan fingerprint density at radius 2 is 2.20 bits per heavy atom. The van der Waals surface area contributed by atoms with E-state index in [1.54, 1.807) is 17.0 Å². The summed E-state index contributed by atoms with van der Waals surface area (Å²) in [5.74, 6) is 0.965. The minimum absolute atomic E-state index is 0.146. The monoisotopic (exact) mass is 342 g/mol. The number of amides is 1. The molecule has 1 atom stereocenters. The van der Waals surface area contributed by atoms with Crippen LogP contribution in [0, 0.1) is 6.92 Å². The van der Waals surface area contributed by atoms with Crippen LogP contribution < -0.4 is 9.47 Å². The van der Waals surface area contributed by atoms with Gasteiger partial charge >= 0.3 is 0 Å². The molecule has 1 aliphatic rings. The molecule has 1 saturated heterocycles. The number of rotatable bonds is 5. The fourth-order valence-electron chi connectivity index (χ4n) is 2.91. The molecule has 1 aliphatic heterocycles. The number of aromatic nitrogens is 1. The van der Waals surface area contributed by atoms with Gasteiger partial charge in [0, 0.05) is 24.4 Å². The van der Waals surface area contributed by atoms with E-state index in [1.807, 2.05) is 31.2 Å². The number of hydrogen-bond donors (Lipinski definition) is 1. The predicted octanol–water partition coefficient (Wildman–Crippen LogP) is 2.05. The summed E-state index contributed by atoms with van der Waals surface area (Å²) < 4.78 is 10.8. The standard InChI is InChI=1S/C19H22N2O4/c1-14-4-3-5-16(10-14)25-13-19(23)7-9-21(12-19)18(22)15-6-8-20-17(11-15)24-2/h3-6,8,10-11,23H,7,9,12-13H2,1-2H3/t19-/m0/s1. The molecule has 3 rings (SSSR count). The van der Waals surface area contributed by atoms with Crippen molar-refractivity contribution < 1.29 is 19.4 Å². The molecule has 0 bridgehead atoms. The third kappa shape index (κ3) is 4.09. The van der Waals surface area contributed by atoms with Crippen molar-refractivity contribution in [2.24, 2.45) is 0 Å². The Hall–Kier alpha value is -2.60. The van der Waals surface area contributed by atoms with Gasteiger partial charge in [0.1, 0.15) is 18.0 Å². The molecule has 132 valence electrons. The van der Waals surface area contributed by atoms with Crippen LogP contribution >= 0.6 is 0 Å². The first-order chi connectivity index (χ1) is 12.0. The highest BCUT2D eigenvalue weighted by molar-refractivity contribution is 5.94. The maximum Gasteiger partial charge on any atom is 0.254 e. The first kappa shape index (κ1) is 17.2. The topological polar surface area (TPSA) is 71.9 Å². The highest BCUT2D eigenvalue weighted by Gasteiger charge is 2.39. The molecule has 0 spiro atoms. The van der Waals surface area contributed by atoms with Crippen molar-refractivity contribution >= 4 is 5.91 Å². The fraction of sp³-hybridized carbons (Fsp3) is 0.368. The van der Waals surface area contributed by atoms with Gasteiger partial charge in [0.25, 0.3) is 5.91 Å². The lowest BCUT2D eigenvalue weighted by atomic mass is 10.1. The lowest BCUT2D eigenvalue weighted by Crippen LogP contribution is -2.40. The second kappa shape index (κ2) is 7.11. The van der Waals surface area contributed by atoms with Crippen LogP contribution in [0.25, 0.3) is 0 Å². The van der Waals surface area contributed by atoms with Crippen molar-refractivity contribution in [3.63, 3.8) is 0 Å². The molecule has 1 fully saturated rings. The molecular formula is C19H22N2O4. The van der Waals surface area contributed by atoms with Crippen LogP contribution in [0.1, 0.15) is 22.3 Å². The molecule has 0 aliphatic carbocycles. The second-order valence-corrected chi connectivity index (χ2v) is 6.39. The molecule has 6 heteroatoms. The number of benzene rings is 1. The highest BCUT2D eigenvalue weighted by atomic mass is 16.5. The van der Waals surface area contributed by atoms with E-state index in [0.717, 1.165) is 11.3 Å². The Labute approximate surface area is 147 Å². The molecule has 0 saturated carbocycles.